The van der Waals surface area contributed by atoms with Gasteiger partial charge >= 0.3 is 0 Å². The first kappa shape index (κ1) is 21.9. The number of imidazole rings is 1. The highest BCUT2D eigenvalue weighted by atomic mass is 16.5. The molecule has 1 aromatic heterocycles. The fraction of sp³-hybridized carbons (Fsp3) is 0.440. The normalized spacial score (nSPS) is 12.7. The number of benzene rings is 2. The second-order valence-electron chi connectivity index (χ2n) is 8.77. The number of rotatable bonds is 8. The fourth-order valence-electron chi connectivity index (χ4n) is 3.57. The summed E-state index contributed by atoms with van der Waals surface area (Å²) in [6.07, 6.45) is 1.36. The Balaban J connectivity index is 1.74. The van der Waals surface area contributed by atoms with Crippen LogP contribution in [0.25, 0.3) is 11.0 Å². The summed E-state index contributed by atoms with van der Waals surface area (Å²) in [5.41, 5.74) is 3.39. The van der Waals surface area contributed by atoms with Crippen LogP contribution in [0.3, 0.4) is 0 Å². The van der Waals surface area contributed by atoms with Gasteiger partial charge in [0.2, 0.25) is 5.91 Å². The van der Waals surface area contributed by atoms with Crippen LogP contribution in [0.1, 0.15) is 64.9 Å². The van der Waals surface area contributed by atoms with Gasteiger partial charge in [-0.3, -0.25) is 4.79 Å². The number of carbonyl (C=O) groups is 1. The molecule has 0 radical (unpaired) electrons. The van der Waals surface area contributed by atoms with Gasteiger partial charge in [0, 0.05) is 6.42 Å². The van der Waals surface area contributed by atoms with Crippen LogP contribution in [0.4, 0.5) is 0 Å². The van der Waals surface area contributed by atoms with Crippen LogP contribution in [-0.4, -0.2) is 22.1 Å². The number of nitrogens with one attached hydrogen (secondary N) is 1. The van der Waals surface area contributed by atoms with Crippen LogP contribution >= 0.6 is 0 Å². The van der Waals surface area contributed by atoms with Gasteiger partial charge in [0.25, 0.3) is 0 Å². The second-order valence-corrected chi connectivity index (χ2v) is 8.77. The number of fused-ring (bicyclic) bond motifs is 1. The van der Waals surface area contributed by atoms with Crippen molar-refractivity contribution in [2.24, 2.45) is 0 Å². The Morgan fingerprint density at radius 1 is 1.13 bits per heavy atom. The largest absolute Gasteiger partial charge is 0.492 e. The minimum atomic E-state index is -0.164. The van der Waals surface area contributed by atoms with Crippen molar-refractivity contribution in [3.63, 3.8) is 0 Å². The molecule has 160 valence electrons. The first-order valence-corrected chi connectivity index (χ1v) is 10.8. The van der Waals surface area contributed by atoms with Crippen molar-refractivity contribution in [3.8, 4) is 5.75 Å². The number of nitrogens with zero attached hydrogens (tertiary/aromatic N) is 2. The van der Waals surface area contributed by atoms with E-state index in [0.717, 1.165) is 29.0 Å². The summed E-state index contributed by atoms with van der Waals surface area (Å²) in [6, 6.07) is 16.2. The number of hydrogen-bond donors (Lipinski definition) is 1. The Labute approximate surface area is 179 Å². The van der Waals surface area contributed by atoms with Crippen molar-refractivity contribution in [1.82, 2.24) is 14.9 Å². The van der Waals surface area contributed by atoms with Crippen LogP contribution in [-0.2, 0) is 16.8 Å². The van der Waals surface area contributed by atoms with E-state index in [-0.39, 0.29) is 17.4 Å². The molecule has 5 heteroatoms. The smallest absolute Gasteiger partial charge is 0.220 e. The Kier molecular flexibility index (Phi) is 6.80. The maximum absolute atomic E-state index is 12.1. The number of carbonyl (C=O) groups excluding carboxylic acids is 1. The third-order valence-corrected chi connectivity index (χ3v) is 5.23. The standard InChI is InChI=1S/C25H33N3O2/c1-6-9-23(29)26-18(2)24-27-21-10-7-8-11-22(21)28(24)16-17-30-20-14-12-19(13-15-20)25(3,4)5/h7-8,10-15,18H,6,9,16-17H2,1-5H3,(H,26,29). The van der Waals surface area contributed by atoms with E-state index >= 15 is 0 Å². The molecule has 3 aromatic rings. The summed E-state index contributed by atoms with van der Waals surface area (Å²) < 4.78 is 8.16. The third-order valence-electron chi connectivity index (χ3n) is 5.23. The third kappa shape index (κ3) is 5.21. The summed E-state index contributed by atoms with van der Waals surface area (Å²) in [4.78, 5) is 16.9. The molecule has 0 aliphatic carbocycles. The highest BCUT2D eigenvalue weighted by Gasteiger charge is 2.18. The fourth-order valence-corrected chi connectivity index (χ4v) is 3.57. The van der Waals surface area contributed by atoms with E-state index in [0.29, 0.717) is 19.6 Å². The zero-order valence-electron chi connectivity index (χ0n) is 18.7. The number of amides is 1. The van der Waals surface area contributed by atoms with Crippen molar-refractivity contribution in [2.75, 3.05) is 6.61 Å². The zero-order chi connectivity index (χ0) is 21.7. The average molecular weight is 408 g/mol. The van der Waals surface area contributed by atoms with Crippen LogP contribution in [0.15, 0.2) is 48.5 Å². The lowest BCUT2D eigenvalue weighted by Crippen LogP contribution is -2.28. The molecule has 0 saturated carbocycles. The van der Waals surface area contributed by atoms with E-state index in [1.807, 2.05) is 44.2 Å². The quantitative estimate of drug-likeness (QED) is 0.545. The van der Waals surface area contributed by atoms with Crippen LogP contribution < -0.4 is 10.1 Å². The van der Waals surface area contributed by atoms with Gasteiger partial charge in [-0.05, 0) is 48.6 Å². The average Bonchev–Trinajstić information content (AvgIpc) is 3.07. The van der Waals surface area contributed by atoms with E-state index in [9.17, 15) is 4.79 Å². The van der Waals surface area contributed by atoms with Crippen molar-refractivity contribution in [2.45, 2.75) is 65.5 Å². The van der Waals surface area contributed by atoms with Crippen molar-refractivity contribution in [3.05, 3.63) is 59.9 Å². The minimum absolute atomic E-state index is 0.0544. The Bertz CT molecular complexity index is 984. The van der Waals surface area contributed by atoms with E-state index in [2.05, 4.69) is 48.9 Å². The molecular weight excluding hydrogens is 374 g/mol. The lowest BCUT2D eigenvalue weighted by Gasteiger charge is -2.19. The van der Waals surface area contributed by atoms with Crippen molar-refractivity contribution in [1.29, 1.82) is 0 Å². The van der Waals surface area contributed by atoms with Gasteiger partial charge in [-0.15, -0.1) is 0 Å². The van der Waals surface area contributed by atoms with Gasteiger partial charge < -0.3 is 14.6 Å². The Hall–Kier alpha value is -2.82. The molecule has 0 saturated heterocycles. The molecule has 1 atom stereocenters. The molecule has 1 unspecified atom stereocenters. The predicted octanol–water partition coefficient (Wildman–Crippen LogP) is 5.39. The molecule has 0 spiro atoms. The molecule has 1 N–H and O–H groups in total. The molecule has 5 nitrogen and oxygen atoms in total. The van der Waals surface area contributed by atoms with Crippen LogP contribution in [0, 0.1) is 0 Å². The maximum atomic E-state index is 12.1. The highest BCUT2D eigenvalue weighted by molar-refractivity contribution is 5.78. The van der Waals surface area contributed by atoms with E-state index in [1.165, 1.54) is 5.56 Å². The van der Waals surface area contributed by atoms with Gasteiger partial charge in [0.15, 0.2) is 0 Å². The van der Waals surface area contributed by atoms with Crippen molar-refractivity contribution >= 4 is 16.9 Å². The van der Waals surface area contributed by atoms with Gasteiger partial charge in [0.1, 0.15) is 18.2 Å². The number of aromatic nitrogens is 2. The summed E-state index contributed by atoms with van der Waals surface area (Å²) in [6.45, 7) is 11.8. The van der Waals surface area contributed by atoms with Crippen LogP contribution in [0.5, 0.6) is 5.75 Å². The molecule has 0 fully saturated rings. The highest BCUT2D eigenvalue weighted by Crippen LogP contribution is 2.25. The monoisotopic (exact) mass is 407 g/mol. The number of para-hydroxylation sites is 2. The molecule has 30 heavy (non-hydrogen) atoms. The van der Waals surface area contributed by atoms with E-state index in [4.69, 9.17) is 9.72 Å². The maximum Gasteiger partial charge on any atom is 0.220 e. The lowest BCUT2D eigenvalue weighted by molar-refractivity contribution is -0.121. The molecule has 1 amide bonds. The molecule has 0 aliphatic rings. The first-order chi connectivity index (χ1) is 14.3. The molecule has 1 heterocycles. The first-order valence-electron chi connectivity index (χ1n) is 10.8. The van der Waals surface area contributed by atoms with E-state index < -0.39 is 0 Å². The molecule has 2 aromatic carbocycles. The molecule has 3 rings (SSSR count). The predicted molar refractivity (Wildman–Crippen MR) is 122 cm³/mol. The molecular formula is C25H33N3O2. The molecule has 0 aliphatic heterocycles. The Morgan fingerprint density at radius 2 is 1.83 bits per heavy atom. The second kappa shape index (κ2) is 9.33. The van der Waals surface area contributed by atoms with Gasteiger partial charge in [-0.25, -0.2) is 4.98 Å². The van der Waals surface area contributed by atoms with Crippen molar-refractivity contribution < 1.29 is 9.53 Å². The summed E-state index contributed by atoms with van der Waals surface area (Å²) >= 11 is 0. The zero-order valence-corrected chi connectivity index (χ0v) is 18.7. The summed E-state index contributed by atoms with van der Waals surface area (Å²) in [5.74, 6) is 1.77. The lowest BCUT2D eigenvalue weighted by atomic mass is 9.87. The number of ether oxygens (including phenoxy) is 1. The minimum Gasteiger partial charge on any atom is -0.492 e. The topological polar surface area (TPSA) is 56.2 Å². The van der Waals surface area contributed by atoms with Crippen LogP contribution in [0.2, 0.25) is 0 Å². The van der Waals surface area contributed by atoms with E-state index in [1.54, 1.807) is 0 Å². The SMILES string of the molecule is CCCC(=O)NC(C)c1nc2ccccc2n1CCOc1ccc(C(C)(C)C)cc1. The summed E-state index contributed by atoms with van der Waals surface area (Å²) in [5, 5.41) is 3.06. The van der Waals surface area contributed by atoms with Gasteiger partial charge in [0.05, 0.1) is 23.6 Å². The number of hydrogen-bond acceptors (Lipinski definition) is 3. The molecule has 0 bridgehead atoms. The van der Waals surface area contributed by atoms with Gasteiger partial charge in [-0.2, -0.15) is 0 Å². The summed E-state index contributed by atoms with van der Waals surface area (Å²) in [7, 11) is 0. The Morgan fingerprint density at radius 3 is 2.50 bits per heavy atom. The van der Waals surface area contributed by atoms with Gasteiger partial charge in [-0.1, -0.05) is 52.0 Å².